The number of fused-ring (bicyclic) bond motifs is 2. The molecule has 2 aliphatic rings. The van der Waals surface area contributed by atoms with Gasteiger partial charge < -0.3 is 20.3 Å². The lowest BCUT2D eigenvalue weighted by Crippen LogP contribution is -2.39. The largest absolute Gasteiger partial charge is 0.508 e. The number of nitriles is 1. The molecule has 0 amide bonds. The van der Waals surface area contributed by atoms with E-state index in [1.165, 1.54) is 16.4 Å². The van der Waals surface area contributed by atoms with Gasteiger partial charge in [0.25, 0.3) is 10.0 Å². The summed E-state index contributed by atoms with van der Waals surface area (Å²) >= 11 is 0. The fourth-order valence-corrected chi connectivity index (χ4v) is 6.33. The number of methoxy groups -OCH3 is 1. The van der Waals surface area contributed by atoms with Crippen LogP contribution in [0.25, 0.3) is 5.76 Å². The van der Waals surface area contributed by atoms with Crippen LogP contribution in [0.4, 0.5) is 5.69 Å². The highest BCUT2D eigenvalue weighted by atomic mass is 32.2. The molecule has 3 aromatic rings. The number of hydrogen-bond donors (Lipinski definition) is 2. The summed E-state index contributed by atoms with van der Waals surface area (Å²) in [6.45, 7) is 0.0384. The molecule has 8 nitrogen and oxygen atoms in total. The van der Waals surface area contributed by atoms with Gasteiger partial charge in [0.15, 0.2) is 5.76 Å². The van der Waals surface area contributed by atoms with Crippen LogP contribution >= 0.6 is 0 Å². The second-order valence-corrected chi connectivity index (χ2v) is 9.92. The number of ether oxygens (including phenoxy) is 2. The van der Waals surface area contributed by atoms with E-state index in [1.54, 1.807) is 61.7 Å². The summed E-state index contributed by atoms with van der Waals surface area (Å²) in [5.41, 5.74) is 8.30. The molecular weight excluding hydrogens is 466 g/mol. The number of nitrogens with two attached hydrogens (primary N) is 1. The highest BCUT2D eigenvalue weighted by Gasteiger charge is 2.47. The van der Waals surface area contributed by atoms with Gasteiger partial charge in [-0.25, -0.2) is 8.42 Å². The number of allylic oxidation sites excluding steroid dienone is 2. The Bertz CT molecular complexity index is 1540. The van der Waals surface area contributed by atoms with E-state index in [0.29, 0.717) is 22.6 Å². The molecule has 0 spiro atoms. The first-order valence-electron chi connectivity index (χ1n) is 10.7. The van der Waals surface area contributed by atoms with E-state index in [1.807, 2.05) is 12.1 Å². The average molecular weight is 488 g/mol. The van der Waals surface area contributed by atoms with Crippen molar-refractivity contribution < 1.29 is 23.0 Å². The molecule has 0 bridgehead atoms. The van der Waals surface area contributed by atoms with Crippen LogP contribution in [0.3, 0.4) is 0 Å². The van der Waals surface area contributed by atoms with Crippen LogP contribution in [-0.2, 0) is 21.3 Å². The number of nitrogens with zero attached hydrogens (tertiary/aromatic N) is 2. The van der Waals surface area contributed by atoms with Gasteiger partial charge in [-0.05, 0) is 47.5 Å². The molecule has 176 valence electrons. The first kappa shape index (κ1) is 22.4. The Hall–Kier alpha value is -4.42. The highest BCUT2D eigenvalue weighted by Crippen LogP contribution is 2.51. The molecule has 0 fully saturated rings. The van der Waals surface area contributed by atoms with E-state index in [-0.39, 0.29) is 34.4 Å². The van der Waals surface area contributed by atoms with Gasteiger partial charge in [-0.2, -0.15) is 5.26 Å². The van der Waals surface area contributed by atoms with Gasteiger partial charge in [-0.1, -0.05) is 36.4 Å². The third-order valence-electron chi connectivity index (χ3n) is 6.04. The molecule has 0 saturated carbocycles. The minimum absolute atomic E-state index is 0.0151. The molecule has 35 heavy (non-hydrogen) atoms. The Balaban J connectivity index is 1.74. The summed E-state index contributed by atoms with van der Waals surface area (Å²) in [6.07, 6.45) is 0. The lowest BCUT2D eigenvalue weighted by Gasteiger charge is -2.38. The van der Waals surface area contributed by atoms with Gasteiger partial charge in [0, 0.05) is 5.56 Å². The molecule has 2 heterocycles. The molecule has 3 N–H and O–H groups in total. The second kappa shape index (κ2) is 8.42. The summed E-state index contributed by atoms with van der Waals surface area (Å²) in [4.78, 5) is -0.0736. The third-order valence-corrected chi connectivity index (χ3v) is 7.93. The summed E-state index contributed by atoms with van der Waals surface area (Å²) in [7, 11) is -2.64. The summed E-state index contributed by atoms with van der Waals surface area (Å²) in [6, 6.07) is 22.2. The van der Waals surface area contributed by atoms with Gasteiger partial charge in [0.1, 0.15) is 28.0 Å². The third kappa shape index (κ3) is 3.64. The Kier molecular flexibility index (Phi) is 5.38. The van der Waals surface area contributed by atoms with Crippen molar-refractivity contribution in [1.29, 1.82) is 5.26 Å². The van der Waals surface area contributed by atoms with Crippen LogP contribution in [0.15, 0.2) is 89.2 Å². The van der Waals surface area contributed by atoms with Crippen molar-refractivity contribution >= 4 is 21.5 Å². The quantitative estimate of drug-likeness (QED) is 0.571. The van der Waals surface area contributed by atoms with E-state index >= 15 is 0 Å². The van der Waals surface area contributed by atoms with E-state index in [0.717, 1.165) is 5.56 Å². The maximum absolute atomic E-state index is 14.2. The number of hydrogen-bond acceptors (Lipinski definition) is 7. The molecular formula is C26H21N3O5S. The number of para-hydroxylation sites is 1. The van der Waals surface area contributed by atoms with Crippen molar-refractivity contribution in [2.24, 2.45) is 5.73 Å². The zero-order valence-electron chi connectivity index (χ0n) is 18.7. The van der Waals surface area contributed by atoms with Crippen LogP contribution in [-0.4, -0.2) is 20.6 Å². The predicted molar refractivity (Wildman–Crippen MR) is 130 cm³/mol. The van der Waals surface area contributed by atoms with Crippen LogP contribution in [0.2, 0.25) is 0 Å². The summed E-state index contributed by atoms with van der Waals surface area (Å²) < 4.78 is 40.9. The first-order chi connectivity index (χ1) is 16.8. The van der Waals surface area contributed by atoms with E-state index in [2.05, 4.69) is 0 Å². The number of benzene rings is 3. The van der Waals surface area contributed by atoms with E-state index in [9.17, 15) is 18.8 Å². The number of rotatable bonds is 4. The van der Waals surface area contributed by atoms with Gasteiger partial charge in [-0.15, -0.1) is 0 Å². The zero-order valence-corrected chi connectivity index (χ0v) is 19.5. The predicted octanol–water partition coefficient (Wildman–Crippen LogP) is 3.93. The van der Waals surface area contributed by atoms with E-state index in [4.69, 9.17) is 15.2 Å². The summed E-state index contributed by atoms with van der Waals surface area (Å²) in [5, 5.41) is 19.7. The van der Waals surface area contributed by atoms with Crippen molar-refractivity contribution in [3.8, 4) is 17.6 Å². The lowest BCUT2D eigenvalue weighted by molar-refractivity contribution is 0.357. The Morgan fingerprint density at radius 1 is 1.11 bits per heavy atom. The minimum Gasteiger partial charge on any atom is -0.508 e. The minimum atomic E-state index is -4.19. The van der Waals surface area contributed by atoms with Gasteiger partial charge >= 0.3 is 0 Å². The standard InChI is InChI=1S/C26H21N3O5S/c1-33-19-6-4-5-16(13-19)15-29-22-8-3-2-7-20(22)24-25(35(29,31)32)23(21(14-27)26(28)34-24)17-9-11-18(30)12-10-17/h2-13,23,30H,15,28H2,1H3/t23-/m0/s1. The number of anilines is 1. The van der Waals surface area contributed by atoms with Gasteiger partial charge in [0.2, 0.25) is 5.88 Å². The SMILES string of the molecule is COc1cccc(CN2c3ccccc3C3=C([C@@H](c4ccc(O)cc4)C(C#N)=C(N)O3)S2(=O)=O)c1. The first-order valence-corrected chi connectivity index (χ1v) is 12.1. The molecule has 2 aliphatic heterocycles. The molecule has 0 aliphatic carbocycles. The number of sulfonamides is 1. The van der Waals surface area contributed by atoms with E-state index < -0.39 is 15.9 Å². The molecule has 3 aromatic carbocycles. The second-order valence-electron chi connectivity index (χ2n) is 8.09. The Morgan fingerprint density at radius 2 is 1.86 bits per heavy atom. The Morgan fingerprint density at radius 3 is 2.57 bits per heavy atom. The highest BCUT2D eigenvalue weighted by molar-refractivity contribution is 7.96. The molecule has 0 radical (unpaired) electrons. The van der Waals surface area contributed by atoms with Crippen molar-refractivity contribution in [2.45, 2.75) is 12.5 Å². The Labute approximate surface area is 202 Å². The maximum Gasteiger partial charge on any atom is 0.265 e. The van der Waals surface area contributed by atoms with Gasteiger partial charge in [-0.3, -0.25) is 4.31 Å². The topological polar surface area (TPSA) is 126 Å². The monoisotopic (exact) mass is 487 g/mol. The normalized spacial score (nSPS) is 18.3. The van der Waals surface area contributed by atoms with Crippen LogP contribution in [0.5, 0.6) is 11.5 Å². The lowest BCUT2D eigenvalue weighted by atomic mass is 9.88. The number of phenols is 1. The van der Waals surface area contributed by atoms with Crippen LogP contribution < -0.4 is 14.8 Å². The number of phenolic OH excluding ortho intramolecular Hbond substituents is 1. The van der Waals surface area contributed by atoms with Crippen molar-refractivity contribution in [1.82, 2.24) is 0 Å². The van der Waals surface area contributed by atoms with Crippen molar-refractivity contribution in [3.05, 3.63) is 106 Å². The maximum atomic E-state index is 14.2. The molecule has 9 heteroatoms. The van der Waals surface area contributed by atoms with Crippen molar-refractivity contribution in [2.75, 3.05) is 11.4 Å². The molecule has 0 aromatic heterocycles. The summed E-state index contributed by atoms with van der Waals surface area (Å²) in [5.74, 6) is -0.444. The molecule has 5 rings (SSSR count). The molecule has 0 saturated heterocycles. The fraction of sp³-hybridized carbons (Fsp3) is 0.115. The average Bonchev–Trinajstić information content (AvgIpc) is 2.86. The van der Waals surface area contributed by atoms with Crippen molar-refractivity contribution in [3.63, 3.8) is 0 Å². The smallest absolute Gasteiger partial charge is 0.265 e. The van der Waals surface area contributed by atoms with Crippen LogP contribution in [0, 0.1) is 11.3 Å². The van der Waals surface area contributed by atoms with Crippen LogP contribution in [0.1, 0.15) is 22.6 Å². The molecule has 1 atom stereocenters. The fourth-order valence-electron chi connectivity index (χ4n) is 4.42. The van der Waals surface area contributed by atoms with Gasteiger partial charge in [0.05, 0.1) is 25.3 Å². The molecule has 0 unspecified atom stereocenters. The number of aromatic hydroxyl groups is 1. The zero-order chi connectivity index (χ0) is 24.7.